The molecule has 1 unspecified atom stereocenters. The highest BCUT2D eigenvalue weighted by Crippen LogP contribution is 2.28. The summed E-state index contributed by atoms with van der Waals surface area (Å²) in [5.74, 6) is -0.292. The quantitative estimate of drug-likeness (QED) is 0.699. The van der Waals surface area contributed by atoms with Crippen LogP contribution < -0.4 is 5.32 Å². The minimum atomic E-state index is -0.292. The molecule has 3 aromatic rings. The van der Waals surface area contributed by atoms with Gasteiger partial charge in [-0.05, 0) is 30.3 Å². The van der Waals surface area contributed by atoms with E-state index in [9.17, 15) is 4.79 Å². The van der Waals surface area contributed by atoms with Gasteiger partial charge in [-0.1, -0.05) is 18.2 Å². The third-order valence-electron chi connectivity index (χ3n) is 5.68. The zero-order chi connectivity index (χ0) is 19.8. The fourth-order valence-electron chi connectivity index (χ4n) is 4.35. The molecule has 3 atom stereocenters. The van der Waals surface area contributed by atoms with Crippen molar-refractivity contribution in [3.63, 3.8) is 0 Å². The summed E-state index contributed by atoms with van der Waals surface area (Å²) in [6.07, 6.45) is 3.28. The topological polar surface area (TPSA) is 76.3 Å². The van der Waals surface area contributed by atoms with Crippen molar-refractivity contribution < 1.29 is 14.3 Å². The zero-order valence-corrected chi connectivity index (χ0v) is 15.9. The van der Waals surface area contributed by atoms with Gasteiger partial charge >= 0.3 is 5.97 Å². The number of morpholine rings is 1. The summed E-state index contributed by atoms with van der Waals surface area (Å²) in [5.41, 5.74) is 2.99. The van der Waals surface area contributed by atoms with E-state index < -0.39 is 0 Å². The van der Waals surface area contributed by atoms with Gasteiger partial charge in [0.2, 0.25) is 0 Å². The predicted octanol–water partition coefficient (Wildman–Crippen LogP) is 3.18. The second kappa shape index (κ2) is 7.36. The number of nitriles is 1. The third kappa shape index (κ3) is 3.39. The Kier molecular flexibility index (Phi) is 4.55. The molecule has 2 bridgehead atoms. The molecule has 29 heavy (non-hydrogen) atoms. The number of carbonyl (C=O) groups is 1. The van der Waals surface area contributed by atoms with Crippen molar-refractivity contribution >= 4 is 16.9 Å². The molecule has 2 aromatic carbocycles. The van der Waals surface area contributed by atoms with E-state index in [2.05, 4.69) is 11.4 Å². The monoisotopic (exact) mass is 387 g/mol. The summed E-state index contributed by atoms with van der Waals surface area (Å²) in [7, 11) is 0. The van der Waals surface area contributed by atoms with E-state index >= 15 is 0 Å². The molecule has 5 rings (SSSR count). The standard InChI is InChI=1S/C23H21N3O3/c24-11-15-5-7-18(8-6-15)26-12-21(20-3-1-2-4-22(20)26)23(27)29-19-9-16-13-28-14-17(10-19)25-16/h1-8,12,16-17,19,25H,9-10,13-14H2/t16-,17+,19?. The third-order valence-corrected chi connectivity index (χ3v) is 5.68. The molecule has 2 fully saturated rings. The molecule has 1 N–H and O–H groups in total. The normalized spacial score (nSPS) is 23.5. The van der Waals surface area contributed by atoms with Gasteiger partial charge in [-0.25, -0.2) is 4.79 Å². The maximum absolute atomic E-state index is 13.1. The molecule has 0 aliphatic carbocycles. The number of aromatic nitrogens is 1. The zero-order valence-electron chi connectivity index (χ0n) is 15.9. The van der Waals surface area contributed by atoms with Gasteiger partial charge in [-0.15, -0.1) is 0 Å². The van der Waals surface area contributed by atoms with Crippen molar-refractivity contribution in [1.29, 1.82) is 5.26 Å². The summed E-state index contributed by atoms with van der Waals surface area (Å²) in [6, 6.07) is 17.7. The summed E-state index contributed by atoms with van der Waals surface area (Å²) < 4.78 is 13.5. The fourth-order valence-corrected chi connectivity index (χ4v) is 4.35. The van der Waals surface area contributed by atoms with Crippen molar-refractivity contribution in [2.45, 2.75) is 31.0 Å². The highest BCUT2D eigenvalue weighted by molar-refractivity contribution is 6.05. The smallest absolute Gasteiger partial charge is 0.340 e. The summed E-state index contributed by atoms with van der Waals surface area (Å²) in [4.78, 5) is 13.1. The van der Waals surface area contributed by atoms with Gasteiger partial charge in [0.1, 0.15) is 6.10 Å². The van der Waals surface area contributed by atoms with Crippen molar-refractivity contribution in [3.05, 3.63) is 65.9 Å². The average Bonchev–Trinajstić information content (AvgIpc) is 3.13. The Labute approximate surface area is 168 Å². The molecule has 0 saturated carbocycles. The molecule has 0 amide bonds. The first-order valence-electron chi connectivity index (χ1n) is 9.86. The van der Waals surface area contributed by atoms with Crippen LogP contribution in [0.1, 0.15) is 28.8 Å². The van der Waals surface area contributed by atoms with Crippen LogP contribution >= 0.6 is 0 Å². The molecule has 3 heterocycles. The van der Waals surface area contributed by atoms with Gasteiger partial charge in [-0.3, -0.25) is 0 Å². The Morgan fingerprint density at radius 3 is 2.55 bits per heavy atom. The first-order valence-corrected chi connectivity index (χ1v) is 9.86. The number of para-hydroxylation sites is 1. The lowest BCUT2D eigenvalue weighted by molar-refractivity contribution is -0.0339. The molecular weight excluding hydrogens is 366 g/mol. The van der Waals surface area contributed by atoms with E-state index in [0.29, 0.717) is 24.3 Å². The molecule has 0 spiro atoms. The van der Waals surface area contributed by atoms with Gasteiger partial charge in [0.15, 0.2) is 0 Å². The van der Waals surface area contributed by atoms with Crippen LogP contribution in [0.4, 0.5) is 0 Å². The number of esters is 1. The van der Waals surface area contributed by atoms with Crippen LogP contribution in [0.15, 0.2) is 54.7 Å². The Hall–Kier alpha value is -3.14. The average molecular weight is 387 g/mol. The molecule has 146 valence electrons. The van der Waals surface area contributed by atoms with Crippen LogP contribution in [-0.2, 0) is 9.47 Å². The summed E-state index contributed by atoms with van der Waals surface area (Å²) in [6.45, 7) is 1.34. The Morgan fingerprint density at radius 2 is 1.83 bits per heavy atom. The molecule has 6 nitrogen and oxygen atoms in total. The van der Waals surface area contributed by atoms with Gasteiger partial charge in [0.25, 0.3) is 0 Å². The van der Waals surface area contributed by atoms with Crippen LogP contribution in [-0.4, -0.2) is 41.9 Å². The number of nitrogens with one attached hydrogen (secondary N) is 1. The number of ether oxygens (including phenoxy) is 2. The van der Waals surface area contributed by atoms with Gasteiger partial charge < -0.3 is 19.4 Å². The SMILES string of the molecule is N#Cc1ccc(-n2cc(C(=O)OC3C[C@H]4COC[C@@H](C3)N4)c3ccccc32)cc1. The predicted molar refractivity (Wildman–Crippen MR) is 108 cm³/mol. The van der Waals surface area contributed by atoms with Gasteiger partial charge in [0.05, 0.1) is 35.9 Å². The van der Waals surface area contributed by atoms with Crippen molar-refractivity contribution in [3.8, 4) is 11.8 Å². The van der Waals surface area contributed by atoms with E-state index in [0.717, 1.165) is 29.4 Å². The summed E-state index contributed by atoms with van der Waals surface area (Å²) in [5, 5.41) is 13.4. The molecule has 2 aliphatic rings. The van der Waals surface area contributed by atoms with E-state index in [1.807, 2.05) is 47.2 Å². The van der Waals surface area contributed by atoms with Gasteiger partial charge in [0, 0.05) is 42.2 Å². The first-order chi connectivity index (χ1) is 14.2. The van der Waals surface area contributed by atoms with E-state index in [1.165, 1.54) is 0 Å². The minimum Gasteiger partial charge on any atom is -0.459 e. The fraction of sp³-hybridized carbons (Fsp3) is 0.304. The van der Waals surface area contributed by atoms with Crippen LogP contribution in [0.2, 0.25) is 0 Å². The highest BCUT2D eigenvalue weighted by Gasteiger charge is 2.34. The second-order valence-electron chi connectivity index (χ2n) is 7.69. The van der Waals surface area contributed by atoms with Crippen molar-refractivity contribution in [2.24, 2.45) is 0 Å². The number of benzene rings is 2. The molecule has 0 radical (unpaired) electrons. The lowest BCUT2D eigenvalue weighted by atomic mass is 9.94. The Balaban J connectivity index is 1.45. The second-order valence-corrected chi connectivity index (χ2v) is 7.69. The summed E-state index contributed by atoms with van der Waals surface area (Å²) >= 11 is 0. The lowest BCUT2D eigenvalue weighted by Crippen LogP contribution is -2.56. The number of nitrogens with zero attached hydrogens (tertiary/aromatic N) is 2. The Morgan fingerprint density at radius 1 is 1.10 bits per heavy atom. The molecular formula is C23H21N3O3. The number of piperidine rings is 1. The Bertz CT molecular complexity index is 1080. The minimum absolute atomic E-state index is 0.0975. The molecule has 2 aliphatic heterocycles. The molecule has 1 aromatic heterocycles. The van der Waals surface area contributed by atoms with Crippen molar-refractivity contribution in [2.75, 3.05) is 13.2 Å². The van der Waals surface area contributed by atoms with E-state index in [4.69, 9.17) is 14.7 Å². The van der Waals surface area contributed by atoms with E-state index in [-0.39, 0.29) is 24.2 Å². The van der Waals surface area contributed by atoms with Crippen LogP contribution in [0.5, 0.6) is 0 Å². The van der Waals surface area contributed by atoms with Crippen LogP contribution in [0.25, 0.3) is 16.6 Å². The lowest BCUT2D eigenvalue weighted by Gasteiger charge is -2.39. The number of rotatable bonds is 3. The largest absolute Gasteiger partial charge is 0.459 e. The van der Waals surface area contributed by atoms with E-state index in [1.54, 1.807) is 12.1 Å². The highest BCUT2D eigenvalue weighted by atomic mass is 16.5. The number of fused-ring (bicyclic) bond motifs is 3. The number of hydrogen-bond donors (Lipinski definition) is 1. The maximum Gasteiger partial charge on any atom is 0.340 e. The van der Waals surface area contributed by atoms with Crippen LogP contribution in [0, 0.1) is 11.3 Å². The number of hydrogen-bond acceptors (Lipinski definition) is 5. The molecule has 6 heteroatoms. The number of carbonyl (C=O) groups excluding carboxylic acids is 1. The van der Waals surface area contributed by atoms with Crippen LogP contribution in [0.3, 0.4) is 0 Å². The maximum atomic E-state index is 13.1. The first kappa shape index (κ1) is 17.9. The van der Waals surface area contributed by atoms with Crippen molar-refractivity contribution in [1.82, 2.24) is 9.88 Å². The molecule has 2 saturated heterocycles. The van der Waals surface area contributed by atoms with Gasteiger partial charge in [-0.2, -0.15) is 5.26 Å².